The van der Waals surface area contributed by atoms with Crippen LogP contribution < -0.4 is 10.5 Å². The van der Waals surface area contributed by atoms with Crippen LogP contribution in [0, 0.1) is 5.82 Å². The maximum Gasteiger partial charge on any atom is 0.240 e. The third-order valence-electron chi connectivity index (χ3n) is 1.96. The summed E-state index contributed by atoms with van der Waals surface area (Å²) in [5.41, 5.74) is 5.13. The molecule has 3 N–H and O–H groups in total. The Balaban J connectivity index is 2.82. The lowest BCUT2D eigenvalue weighted by Crippen LogP contribution is -2.27. The molecule has 1 atom stereocenters. The number of hydrogen-bond acceptors (Lipinski definition) is 4. The Labute approximate surface area is 102 Å². The number of rotatable bonds is 5. The largest absolute Gasteiger partial charge is 0.396 e. The Kier molecular flexibility index (Phi) is 4.61. The lowest BCUT2D eigenvalue weighted by molar-refractivity contribution is 0.580. The zero-order chi connectivity index (χ0) is 13.1. The molecule has 8 heteroatoms. The third-order valence-corrected chi connectivity index (χ3v) is 4.20. The van der Waals surface area contributed by atoms with Crippen LogP contribution in [-0.2, 0) is 20.8 Å². The molecule has 0 radical (unpaired) electrons. The molecule has 5 nitrogen and oxygen atoms in total. The van der Waals surface area contributed by atoms with E-state index in [0.717, 1.165) is 6.07 Å². The highest BCUT2D eigenvalue weighted by atomic mass is 32.2. The van der Waals surface area contributed by atoms with Crippen LogP contribution >= 0.6 is 0 Å². The zero-order valence-corrected chi connectivity index (χ0v) is 10.8. The van der Waals surface area contributed by atoms with Gasteiger partial charge in [-0.1, -0.05) is 0 Å². The molecule has 0 saturated carbocycles. The lowest BCUT2D eigenvalue weighted by atomic mass is 10.3. The van der Waals surface area contributed by atoms with Crippen LogP contribution in [0.2, 0.25) is 0 Å². The van der Waals surface area contributed by atoms with Crippen molar-refractivity contribution in [2.45, 2.75) is 4.90 Å². The molecule has 0 fully saturated rings. The number of sulfonamides is 1. The first-order valence-corrected chi connectivity index (χ1v) is 7.88. The summed E-state index contributed by atoms with van der Waals surface area (Å²) in [6, 6.07) is 3.24. The fraction of sp³-hybridized carbons (Fsp3) is 0.333. The van der Waals surface area contributed by atoms with Gasteiger partial charge in [0.2, 0.25) is 10.0 Å². The molecule has 0 aliphatic heterocycles. The molecule has 1 unspecified atom stereocenters. The minimum atomic E-state index is -3.78. The number of nitrogens with one attached hydrogen (secondary N) is 1. The van der Waals surface area contributed by atoms with Crippen LogP contribution in [0.15, 0.2) is 23.1 Å². The summed E-state index contributed by atoms with van der Waals surface area (Å²) in [5, 5.41) is 0. The molecule has 0 aliphatic rings. The van der Waals surface area contributed by atoms with E-state index in [2.05, 4.69) is 4.72 Å². The van der Waals surface area contributed by atoms with Crippen molar-refractivity contribution in [3.63, 3.8) is 0 Å². The predicted molar refractivity (Wildman–Crippen MR) is 64.9 cm³/mol. The van der Waals surface area contributed by atoms with Gasteiger partial charge in [-0.25, -0.2) is 17.5 Å². The number of hydrogen-bond donors (Lipinski definition) is 2. The predicted octanol–water partition coefficient (Wildman–Crippen LogP) is 0.0647. The topological polar surface area (TPSA) is 89.3 Å². The molecule has 96 valence electrons. The van der Waals surface area contributed by atoms with Crippen molar-refractivity contribution in [1.82, 2.24) is 4.72 Å². The van der Waals surface area contributed by atoms with Crippen LogP contribution in [-0.4, -0.2) is 31.2 Å². The van der Waals surface area contributed by atoms with E-state index in [-0.39, 0.29) is 22.9 Å². The van der Waals surface area contributed by atoms with E-state index in [9.17, 15) is 17.0 Å². The fourth-order valence-electron chi connectivity index (χ4n) is 1.08. The third kappa shape index (κ3) is 4.06. The number of nitrogens with two attached hydrogens (primary N) is 1. The lowest BCUT2D eigenvalue weighted by Gasteiger charge is -2.06. The van der Waals surface area contributed by atoms with E-state index in [4.69, 9.17) is 5.73 Å². The first-order chi connectivity index (χ1) is 7.83. The Hall–Kier alpha value is -0.990. The maximum absolute atomic E-state index is 13.1. The van der Waals surface area contributed by atoms with Gasteiger partial charge in [0, 0.05) is 29.4 Å². The highest BCUT2D eigenvalue weighted by molar-refractivity contribution is 7.89. The van der Waals surface area contributed by atoms with Gasteiger partial charge in [-0.15, -0.1) is 0 Å². The molecule has 17 heavy (non-hydrogen) atoms. The molecule has 0 bridgehead atoms. The summed E-state index contributed by atoms with van der Waals surface area (Å²) >= 11 is 0. The molecule has 0 heterocycles. The monoisotopic (exact) mass is 280 g/mol. The second-order valence-corrected chi connectivity index (χ2v) is 6.68. The molecule has 0 amide bonds. The highest BCUT2D eigenvalue weighted by Crippen LogP contribution is 2.15. The molecule has 0 spiro atoms. The minimum Gasteiger partial charge on any atom is -0.396 e. The second-order valence-electron chi connectivity index (χ2n) is 3.36. The molecule has 0 aliphatic carbocycles. The van der Waals surface area contributed by atoms with Gasteiger partial charge in [0.1, 0.15) is 5.82 Å². The Morgan fingerprint density at radius 3 is 2.65 bits per heavy atom. The average Bonchev–Trinajstić information content (AvgIpc) is 2.21. The van der Waals surface area contributed by atoms with Gasteiger partial charge in [-0.05, 0) is 18.2 Å². The first-order valence-electron chi connectivity index (χ1n) is 4.67. The van der Waals surface area contributed by atoms with Crippen molar-refractivity contribution in [2.75, 3.05) is 24.3 Å². The average molecular weight is 280 g/mol. The van der Waals surface area contributed by atoms with Crippen LogP contribution in [0.1, 0.15) is 0 Å². The van der Waals surface area contributed by atoms with Crippen LogP contribution in [0.25, 0.3) is 0 Å². The molecule has 1 aromatic rings. The standard InChI is InChI=1S/C9H13FN2O3S2/c1-16(13)5-4-12-17(14,15)7-2-3-9(11)8(10)6-7/h2-3,6,12H,4-5,11H2,1H3. The van der Waals surface area contributed by atoms with E-state index in [1.807, 2.05) is 0 Å². The van der Waals surface area contributed by atoms with E-state index in [1.54, 1.807) is 0 Å². The Morgan fingerprint density at radius 1 is 1.47 bits per heavy atom. The van der Waals surface area contributed by atoms with Crippen molar-refractivity contribution >= 4 is 26.5 Å². The summed E-state index contributed by atoms with van der Waals surface area (Å²) in [6.45, 7) is 0.0391. The number of halogens is 1. The highest BCUT2D eigenvalue weighted by Gasteiger charge is 2.15. The van der Waals surface area contributed by atoms with Gasteiger partial charge < -0.3 is 5.73 Å². The summed E-state index contributed by atoms with van der Waals surface area (Å²) in [6.07, 6.45) is 1.47. The molecule has 0 saturated heterocycles. The minimum absolute atomic E-state index is 0.0391. The fourth-order valence-corrected chi connectivity index (χ4v) is 2.64. The Bertz CT molecular complexity index is 531. The quantitative estimate of drug-likeness (QED) is 0.747. The maximum atomic E-state index is 13.1. The van der Waals surface area contributed by atoms with Crippen LogP contribution in [0.3, 0.4) is 0 Å². The first kappa shape index (κ1) is 14.1. The van der Waals surface area contributed by atoms with Crippen molar-refractivity contribution in [1.29, 1.82) is 0 Å². The number of nitrogen functional groups attached to an aromatic ring is 1. The SMILES string of the molecule is CS(=O)CCNS(=O)(=O)c1ccc(N)c(F)c1. The van der Waals surface area contributed by atoms with Gasteiger partial charge in [0.05, 0.1) is 10.6 Å². The van der Waals surface area contributed by atoms with E-state index >= 15 is 0 Å². The van der Waals surface area contributed by atoms with E-state index < -0.39 is 26.6 Å². The Morgan fingerprint density at radius 2 is 2.12 bits per heavy atom. The number of anilines is 1. The zero-order valence-electron chi connectivity index (χ0n) is 9.14. The van der Waals surface area contributed by atoms with Gasteiger partial charge in [-0.2, -0.15) is 0 Å². The number of benzene rings is 1. The van der Waals surface area contributed by atoms with Gasteiger partial charge in [0.25, 0.3) is 0 Å². The van der Waals surface area contributed by atoms with Crippen molar-refractivity contribution in [2.24, 2.45) is 0 Å². The van der Waals surface area contributed by atoms with E-state index in [0.29, 0.717) is 0 Å². The smallest absolute Gasteiger partial charge is 0.240 e. The summed E-state index contributed by atoms with van der Waals surface area (Å²) in [4.78, 5) is -0.203. The van der Waals surface area contributed by atoms with Crippen LogP contribution in [0.5, 0.6) is 0 Å². The van der Waals surface area contributed by atoms with Gasteiger partial charge >= 0.3 is 0 Å². The molecular formula is C9H13FN2O3S2. The molecule has 1 aromatic carbocycles. The summed E-state index contributed by atoms with van der Waals surface area (Å²) in [5.74, 6) is -0.580. The van der Waals surface area contributed by atoms with Gasteiger partial charge in [-0.3, -0.25) is 4.21 Å². The second kappa shape index (κ2) is 5.56. The van der Waals surface area contributed by atoms with Crippen molar-refractivity contribution in [3.05, 3.63) is 24.0 Å². The van der Waals surface area contributed by atoms with Crippen molar-refractivity contribution in [3.8, 4) is 0 Å². The molecule has 0 aromatic heterocycles. The van der Waals surface area contributed by atoms with Crippen LogP contribution in [0.4, 0.5) is 10.1 Å². The van der Waals surface area contributed by atoms with E-state index in [1.165, 1.54) is 18.4 Å². The molecule has 1 rings (SSSR count). The normalized spacial score (nSPS) is 13.5. The van der Waals surface area contributed by atoms with Gasteiger partial charge in [0.15, 0.2) is 0 Å². The molecular weight excluding hydrogens is 267 g/mol. The van der Waals surface area contributed by atoms with Crippen molar-refractivity contribution < 1.29 is 17.0 Å². The summed E-state index contributed by atoms with van der Waals surface area (Å²) < 4.78 is 49.4. The summed E-state index contributed by atoms with van der Waals surface area (Å²) in [7, 11) is -4.86.